The lowest BCUT2D eigenvalue weighted by Crippen LogP contribution is -2.44. The Morgan fingerprint density at radius 3 is 2.40 bits per heavy atom. The van der Waals surface area contributed by atoms with Crippen LogP contribution >= 0.6 is 0 Å². The van der Waals surface area contributed by atoms with Crippen LogP contribution in [-0.4, -0.2) is 30.4 Å². The summed E-state index contributed by atoms with van der Waals surface area (Å²) in [6.45, 7) is 4.37. The summed E-state index contributed by atoms with van der Waals surface area (Å²) in [7, 11) is 1.77. The Hall–Kier alpha value is -2.76. The average molecular weight is 343 g/mol. The first-order chi connectivity index (χ1) is 12.0. The summed E-state index contributed by atoms with van der Waals surface area (Å²) >= 11 is 0. The van der Waals surface area contributed by atoms with E-state index in [0.717, 1.165) is 5.56 Å². The van der Waals surface area contributed by atoms with Crippen LogP contribution in [0.15, 0.2) is 53.1 Å². The van der Waals surface area contributed by atoms with Gasteiger partial charge in [-0.3, -0.25) is 4.79 Å². The number of likely N-dealkylation sites (N-methyl/N-ethyl adjacent to an activating group) is 1. The Kier molecular flexibility index (Phi) is 6.62. The fourth-order valence-electron chi connectivity index (χ4n) is 2.78. The van der Waals surface area contributed by atoms with E-state index in [9.17, 15) is 9.59 Å². The van der Waals surface area contributed by atoms with Crippen LogP contribution in [0.3, 0.4) is 0 Å². The SMILES string of the molecule is CC(C)C(c1ccccc1)N(C)C(=O)CNC(=O)NCc1ccco1. The molecule has 0 bridgehead atoms. The zero-order valence-corrected chi connectivity index (χ0v) is 14.9. The van der Waals surface area contributed by atoms with Gasteiger partial charge in [-0.1, -0.05) is 44.2 Å². The molecule has 0 aliphatic rings. The van der Waals surface area contributed by atoms with E-state index in [4.69, 9.17) is 4.42 Å². The molecule has 1 atom stereocenters. The van der Waals surface area contributed by atoms with Gasteiger partial charge < -0.3 is 20.0 Å². The van der Waals surface area contributed by atoms with E-state index in [-0.39, 0.29) is 31.0 Å². The van der Waals surface area contributed by atoms with Crippen LogP contribution in [0, 0.1) is 5.92 Å². The Morgan fingerprint density at radius 1 is 1.08 bits per heavy atom. The smallest absolute Gasteiger partial charge is 0.315 e. The molecule has 1 unspecified atom stereocenters. The number of nitrogens with zero attached hydrogens (tertiary/aromatic N) is 1. The summed E-state index contributed by atoms with van der Waals surface area (Å²) in [6.07, 6.45) is 1.54. The second-order valence-corrected chi connectivity index (χ2v) is 6.22. The third-order valence-corrected chi connectivity index (χ3v) is 3.99. The monoisotopic (exact) mass is 343 g/mol. The van der Waals surface area contributed by atoms with Gasteiger partial charge >= 0.3 is 6.03 Å². The quantitative estimate of drug-likeness (QED) is 0.812. The number of carbonyl (C=O) groups is 2. The Labute approximate surface area is 148 Å². The predicted octanol–water partition coefficient (Wildman–Crippen LogP) is 2.93. The normalized spacial score (nSPS) is 11.8. The number of urea groups is 1. The summed E-state index contributed by atoms with van der Waals surface area (Å²) in [5.41, 5.74) is 1.08. The molecule has 25 heavy (non-hydrogen) atoms. The minimum absolute atomic E-state index is 0.0401. The summed E-state index contributed by atoms with van der Waals surface area (Å²) < 4.78 is 5.14. The van der Waals surface area contributed by atoms with Gasteiger partial charge in [0.15, 0.2) is 0 Å². The van der Waals surface area contributed by atoms with E-state index in [1.807, 2.05) is 30.3 Å². The maximum Gasteiger partial charge on any atom is 0.315 e. The summed E-state index contributed by atoms with van der Waals surface area (Å²) in [5, 5.41) is 5.24. The highest BCUT2D eigenvalue weighted by atomic mass is 16.3. The molecule has 2 N–H and O–H groups in total. The third kappa shape index (κ3) is 5.38. The summed E-state index contributed by atoms with van der Waals surface area (Å²) in [5.74, 6) is 0.766. The van der Waals surface area contributed by atoms with E-state index in [1.165, 1.54) is 0 Å². The molecule has 0 aliphatic carbocycles. The maximum absolute atomic E-state index is 12.5. The van der Waals surface area contributed by atoms with Crippen molar-refractivity contribution in [2.24, 2.45) is 5.92 Å². The zero-order chi connectivity index (χ0) is 18.2. The molecule has 2 rings (SSSR count). The minimum Gasteiger partial charge on any atom is -0.467 e. The van der Waals surface area contributed by atoms with Crippen molar-refractivity contribution in [2.45, 2.75) is 26.4 Å². The molecule has 0 saturated carbocycles. The van der Waals surface area contributed by atoms with Gasteiger partial charge in [0.05, 0.1) is 25.4 Å². The number of carbonyl (C=O) groups excluding carboxylic acids is 2. The molecule has 0 spiro atoms. The standard InChI is InChI=1S/C19H25N3O3/c1-14(2)18(15-8-5-4-6-9-15)22(3)17(23)13-21-19(24)20-12-16-10-7-11-25-16/h4-11,14,18H,12-13H2,1-3H3,(H2,20,21,24). The lowest BCUT2D eigenvalue weighted by atomic mass is 9.94. The van der Waals surface area contributed by atoms with Gasteiger partial charge in [0.1, 0.15) is 5.76 Å². The number of amides is 3. The van der Waals surface area contributed by atoms with Crippen molar-refractivity contribution >= 4 is 11.9 Å². The lowest BCUT2D eigenvalue weighted by Gasteiger charge is -2.32. The second-order valence-electron chi connectivity index (χ2n) is 6.22. The zero-order valence-electron chi connectivity index (χ0n) is 14.9. The fraction of sp³-hybridized carbons (Fsp3) is 0.368. The Morgan fingerprint density at radius 2 is 1.80 bits per heavy atom. The van der Waals surface area contributed by atoms with Crippen LogP contribution < -0.4 is 10.6 Å². The van der Waals surface area contributed by atoms with E-state index in [0.29, 0.717) is 5.76 Å². The van der Waals surface area contributed by atoms with E-state index in [2.05, 4.69) is 24.5 Å². The van der Waals surface area contributed by atoms with Gasteiger partial charge in [0, 0.05) is 7.05 Å². The van der Waals surface area contributed by atoms with Gasteiger partial charge in [-0.15, -0.1) is 0 Å². The third-order valence-electron chi connectivity index (χ3n) is 3.99. The van der Waals surface area contributed by atoms with E-state index in [1.54, 1.807) is 30.3 Å². The molecule has 1 aromatic heterocycles. The highest BCUT2D eigenvalue weighted by Crippen LogP contribution is 2.27. The number of benzene rings is 1. The number of furan rings is 1. The first kappa shape index (κ1) is 18.6. The van der Waals surface area contributed by atoms with E-state index < -0.39 is 6.03 Å². The Balaban J connectivity index is 1.86. The van der Waals surface area contributed by atoms with Gasteiger partial charge in [-0.05, 0) is 23.6 Å². The number of hydrogen-bond acceptors (Lipinski definition) is 3. The second kappa shape index (κ2) is 8.92. The topological polar surface area (TPSA) is 74.6 Å². The van der Waals surface area contributed by atoms with Crippen LogP contribution in [0.2, 0.25) is 0 Å². The van der Waals surface area contributed by atoms with Gasteiger partial charge in [0.25, 0.3) is 0 Å². The number of hydrogen-bond donors (Lipinski definition) is 2. The molecule has 6 heteroatoms. The highest BCUT2D eigenvalue weighted by molar-refractivity contribution is 5.84. The van der Waals surface area contributed by atoms with Crippen molar-refractivity contribution in [2.75, 3.05) is 13.6 Å². The lowest BCUT2D eigenvalue weighted by molar-refractivity contribution is -0.131. The molecule has 0 radical (unpaired) electrons. The van der Waals surface area contributed by atoms with Crippen LogP contribution in [0.5, 0.6) is 0 Å². The van der Waals surface area contributed by atoms with Crippen molar-refractivity contribution in [3.8, 4) is 0 Å². The molecule has 134 valence electrons. The number of nitrogens with one attached hydrogen (secondary N) is 2. The predicted molar refractivity (Wildman–Crippen MR) is 95.7 cm³/mol. The van der Waals surface area contributed by atoms with E-state index >= 15 is 0 Å². The molecular weight excluding hydrogens is 318 g/mol. The highest BCUT2D eigenvalue weighted by Gasteiger charge is 2.24. The summed E-state index contributed by atoms with van der Waals surface area (Å²) in [6, 6.07) is 13.0. The first-order valence-corrected chi connectivity index (χ1v) is 8.33. The van der Waals surface area contributed by atoms with Crippen molar-refractivity contribution in [3.05, 3.63) is 60.1 Å². The van der Waals surface area contributed by atoms with Crippen LogP contribution in [0.4, 0.5) is 4.79 Å². The van der Waals surface area contributed by atoms with Crippen molar-refractivity contribution in [1.82, 2.24) is 15.5 Å². The fourth-order valence-corrected chi connectivity index (χ4v) is 2.78. The van der Waals surface area contributed by atoms with Crippen LogP contribution in [0.1, 0.15) is 31.2 Å². The molecule has 0 aliphatic heterocycles. The van der Waals surface area contributed by atoms with Crippen molar-refractivity contribution < 1.29 is 14.0 Å². The largest absolute Gasteiger partial charge is 0.467 e. The van der Waals surface area contributed by atoms with Crippen LogP contribution in [0.25, 0.3) is 0 Å². The molecule has 3 amide bonds. The average Bonchev–Trinajstić information content (AvgIpc) is 3.12. The molecule has 0 fully saturated rings. The Bertz CT molecular complexity index is 668. The number of rotatable bonds is 7. The minimum atomic E-state index is -0.404. The molecule has 0 saturated heterocycles. The molecular formula is C19H25N3O3. The van der Waals surface area contributed by atoms with Crippen molar-refractivity contribution in [3.63, 3.8) is 0 Å². The maximum atomic E-state index is 12.5. The van der Waals surface area contributed by atoms with Gasteiger partial charge in [-0.25, -0.2) is 4.79 Å². The molecule has 6 nitrogen and oxygen atoms in total. The molecule has 2 aromatic rings. The van der Waals surface area contributed by atoms with Gasteiger partial charge in [-0.2, -0.15) is 0 Å². The molecule has 1 heterocycles. The van der Waals surface area contributed by atoms with Crippen LogP contribution in [-0.2, 0) is 11.3 Å². The van der Waals surface area contributed by atoms with Gasteiger partial charge in [0.2, 0.25) is 5.91 Å². The molecule has 1 aromatic carbocycles. The first-order valence-electron chi connectivity index (χ1n) is 8.33. The van der Waals surface area contributed by atoms with Crippen molar-refractivity contribution in [1.29, 1.82) is 0 Å². The summed E-state index contributed by atoms with van der Waals surface area (Å²) in [4.78, 5) is 26.0.